The topological polar surface area (TPSA) is 78.8 Å². The van der Waals surface area contributed by atoms with Crippen molar-refractivity contribution in [2.75, 3.05) is 19.7 Å². The van der Waals surface area contributed by atoms with E-state index >= 15 is 0 Å². The fourth-order valence-electron chi connectivity index (χ4n) is 3.17. The Morgan fingerprint density at radius 2 is 2.40 bits per heavy atom. The Hall–Kier alpha value is -1.92. The summed E-state index contributed by atoms with van der Waals surface area (Å²) in [7, 11) is 0. The molecule has 6 nitrogen and oxygen atoms in total. The summed E-state index contributed by atoms with van der Waals surface area (Å²) in [5.74, 6) is 0.951. The van der Waals surface area contributed by atoms with Crippen molar-refractivity contribution in [1.82, 2.24) is 24.8 Å². The molecule has 1 aliphatic heterocycles. The van der Waals surface area contributed by atoms with Crippen LogP contribution < -0.4 is 5.32 Å². The van der Waals surface area contributed by atoms with Crippen LogP contribution in [0.25, 0.3) is 22.1 Å². The van der Waals surface area contributed by atoms with Crippen molar-refractivity contribution in [3.8, 4) is 0 Å². The van der Waals surface area contributed by atoms with Crippen LogP contribution in [0.2, 0.25) is 0 Å². The molecular weight excluding hydrogens is 254 g/mol. The number of nitrogens with one attached hydrogen (secondary N) is 2. The molecule has 6 heteroatoms. The quantitative estimate of drug-likeness (QED) is 0.663. The molecule has 0 bridgehead atoms. The van der Waals surface area contributed by atoms with E-state index in [1.54, 1.807) is 0 Å². The summed E-state index contributed by atoms with van der Waals surface area (Å²) in [6.07, 6.45) is 5.40. The van der Waals surface area contributed by atoms with E-state index in [1.165, 1.54) is 0 Å². The second-order valence-corrected chi connectivity index (χ2v) is 5.25. The van der Waals surface area contributed by atoms with Gasteiger partial charge in [-0.1, -0.05) is 0 Å². The Morgan fingerprint density at radius 3 is 3.20 bits per heavy atom. The van der Waals surface area contributed by atoms with Crippen molar-refractivity contribution in [2.45, 2.75) is 18.9 Å². The van der Waals surface area contributed by atoms with Crippen LogP contribution in [0.4, 0.5) is 0 Å². The number of hydrogen-bond donors (Lipinski definition) is 3. The van der Waals surface area contributed by atoms with Crippen molar-refractivity contribution >= 4 is 22.1 Å². The first kappa shape index (κ1) is 11.9. The van der Waals surface area contributed by atoms with Crippen molar-refractivity contribution in [3.05, 3.63) is 24.3 Å². The molecule has 4 heterocycles. The number of nitrogens with zero attached hydrogens (tertiary/aromatic N) is 3. The summed E-state index contributed by atoms with van der Waals surface area (Å²) in [4.78, 5) is 12.2. The van der Waals surface area contributed by atoms with Gasteiger partial charge in [-0.05, 0) is 19.0 Å². The lowest BCUT2D eigenvalue weighted by molar-refractivity contribution is 0.293. The van der Waals surface area contributed by atoms with Gasteiger partial charge in [-0.25, -0.2) is 9.97 Å². The Balaban J connectivity index is 2.03. The highest BCUT2D eigenvalue weighted by molar-refractivity contribution is 6.01. The van der Waals surface area contributed by atoms with E-state index in [0.29, 0.717) is 12.5 Å². The smallest absolute Gasteiger partial charge is 0.139 e. The average Bonchev–Trinajstić information content (AvgIpc) is 3.16. The zero-order valence-corrected chi connectivity index (χ0v) is 11.1. The molecule has 4 rings (SSSR count). The number of aromatic amines is 1. The highest BCUT2D eigenvalue weighted by Gasteiger charge is 2.23. The van der Waals surface area contributed by atoms with Crippen LogP contribution >= 0.6 is 0 Å². The molecule has 1 fully saturated rings. The maximum absolute atomic E-state index is 9.29. The number of aliphatic hydroxyl groups is 1. The van der Waals surface area contributed by atoms with E-state index in [9.17, 15) is 5.11 Å². The third kappa shape index (κ3) is 1.65. The largest absolute Gasteiger partial charge is 0.396 e. The van der Waals surface area contributed by atoms with E-state index in [0.717, 1.165) is 47.4 Å². The fourth-order valence-corrected chi connectivity index (χ4v) is 3.17. The van der Waals surface area contributed by atoms with Crippen LogP contribution in [0.3, 0.4) is 0 Å². The second kappa shape index (κ2) is 4.57. The Labute approximate surface area is 115 Å². The zero-order chi connectivity index (χ0) is 13.5. The summed E-state index contributed by atoms with van der Waals surface area (Å²) in [5.41, 5.74) is 2.93. The molecule has 0 spiro atoms. The van der Waals surface area contributed by atoms with Gasteiger partial charge in [-0.3, -0.25) is 0 Å². The third-order valence-corrected chi connectivity index (χ3v) is 4.04. The molecule has 3 aromatic heterocycles. The minimum Gasteiger partial charge on any atom is -0.396 e. The van der Waals surface area contributed by atoms with E-state index in [4.69, 9.17) is 0 Å². The molecule has 1 saturated heterocycles. The predicted molar refractivity (Wildman–Crippen MR) is 76.7 cm³/mol. The number of aromatic nitrogens is 4. The van der Waals surface area contributed by atoms with Crippen LogP contribution in [0.1, 0.15) is 18.3 Å². The summed E-state index contributed by atoms with van der Waals surface area (Å²) in [6, 6.07) is 2.45. The van der Waals surface area contributed by atoms with Gasteiger partial charge in [0.25, 0.3) is 0 Å². The molecule has 0 saturated carbocycles. The number of hydrogen-bond acceptors (Lipinski definition) is 4. The first-order chi connectivity index (χ1) is 9.88. The molecule has 3 aromatic rings. The summed E-state index contributed by atoms with van der Waals surface area (Å²) < 4.78 is 2.30. The Morgan fingerprint density at radius 1 is 1.45 bits per heavy atom. The molecule has 0 aliphatic carbocycles. The molecule has 104 valence electrons. The molecule has 3 N–H and O–H groups in total. The van der Waals surface area contributed by atoms with Crippen molar-refractivity contribution in [1.29, 1.82) is 0 Å². The van der Waals surface area contributed by atoms with Crippen molar-refractivity contribution in [3.63, 3.8) is 0 Å². The van der Waals surface area contributed by atoms with Gasteiger partial charge < -0.3 is 20.0 Å². The highest BCUT2D eigenvalue weighted by Crippen LogP contribution is 2.29. The van der Waals surface area contributed by atoms with E-state index in [-0.39, 0.29) is 6.61 Å². The lowest BCUT2D eigenvalue weighted by atomic mass is 10.2. The highest BCUT2D eigenvalue weighted by atomic mass is 16.3. The number of fused-ring (bicyclic) bond motifs is 3. The molecule has 0 unspecified atom stereocenters. The van der Waals surface area contributed by atoms with Crippen LogP contribution in [0.5, 0.6) is 0 Å². The molecule has 20 heavy (non-hydrogen) atoms. The zero-order valence-electron chi connectivity index (χ0n) is 11.1. The Bertz CT molecular complexity index is 753. The predicted octanol–water partition coefficient (Wildman–Crippen LogP) is 0.982. The van der Waals surface area contributed by atoms with E-state index < -0.39 is 0 Å². The van der Waals surface area contributed by atoms with Gasteiger partial charge in [0.1, 0.15) is 17.0 Å². The monoisotopic (exact) mass is 271 g/mol. The van der Waals surface area contributed by atoms with E-state index in [1.807, 2.05) is 18.5 Å². The maximum Gasteiger partial charge on any atom is 0.139 e. The summed E-state index contributed by atoms with van der Waals surface area (Å²) in [6.45, 7) is 2.11. The number of aliphatic hydroxyl groups excluding tert-OH is 1. The third-order valence-electron chi connectivity index (χ3n) is 4.04. The number of imidazole rings is 1. The minimum absolute atomic E-state index is 0.118. The van der Waals surface area contributed by atoms with Gasteiger partial charge in [0.05, 0.1) is 18.3 Å². The fraction of sp³-hybridized carbons (Fsp3) is 0.429. The van der Waals surface area contributed by atoms with Crippen LogP contribution in [0, 0.1) is 0 Å². The van der Waals surface area contributed by atoms with Gasteiger partial charge in [-0.15, -0.1) is 0 Å². The lowest BCUT2D eigenvalue weighted by Crippen LogP contribution is -2.16. The van der Waals surface area contributed by atoms with Crippen LogP contribution in [0.15, 0.2) is 18.5 Å². The van der Waals surface area contributed by atoms with Crippen molar-refractivity contribution in [2.24, 2.45) is 0 Å². The van der Waals surface area contributed by atoms with Gasteiger partial charge in [-0.2, -0.15) is 0 Å². The molecule has 0 radical (unpaired) electrons. The van der Waals surface area contributed by atoms with Crippen LogP contribution in [-0.2, 0) is 6.42 Å². The maximum atomic E-state index is 9.29. The Kier molecular flexibility index (Phi) is 2.71. The molecular formula is C14H17N5O. The van der Waals surface area contributed by atoms with Gasteiger partial charge in [0.15, 0.2) is 0 Å². The van der Waals surface area contributed by atoms with Crippen molar-refractivity contribution < 1.29 is 5.11 Å². The average molecular weight is 271 g/mol. The lowest BCUT2D eigenvalue weighted by Gasteiger charge is -2.15. The first-order valence-corrected chi connectivity index (χ1v) is 7.03. The SMILES string of the molecule is OCCc1nc2cnc3[nH]ccc3c2n1[C@@H]1CCNC1. The molecule has 0 amide bonds. The summed E-state index contributed by atoms with van der Waals surface area (Å²) >= 11 is 0. The molecule has 1 atom stereocenters. The molecule has 0 aromatic carbocycles. The standard InChI is InChI=1S/C14H17N5O/c20-6-3-12-18-11-8-17-14-10(2-5-16-14)13(11)19(12)9-1-4-15-7-9/h2,5,8-9,15,20H,1,3-4,6-7H2,(H,16,17)/t9-/m1/s1. The first-order valence-electron chi connectivity index (χ1n) is 7.03. The summed E-state index contributed by atoms with van der Waals surface area (Å²) in [5, 5.41) is 13.8. The number of pyridine rings is 1. The normalized spacial score (nSPS) is 19.4. The van der Waals surface area contributed by atoms with Crippen LogP contribution in [-0.4, -0.2) is 44.3 Å². The minimum atomic E-state index is 0.118. The van der Waals surface area contributed by atoms with Gasteiger partial charge in [0, 0.05) is 30.6 Å². The number of rotatable bonds is 3. The van der Waals surface area contributed by atoms with Gasteiger partial charge in [0.2, 0.25) is 0 Å². The van der Waals surface area contributed by atoms with Gasteiger partial charge >= 0.3 is 0 Å². The number of H-pyrrole nitrogens is 1. The van der Waals surface area contributed by atoms with E-state index in [2.05, 4.69) is 24.8 Å². The molecule has 1 aliphatic rings. The second-order valence-electron chi connectivity index (χ2n) is 5.25.